The summed E-state index contributed by atoms with van der Waals surface area (Å²) < 4.78 is 13.7. The van der Waals surface area contributed by atoms with E-state index in [1.165, 1.54) is 6.07 Å². The molecule has 0 aliphatic heterocycles. The van der Waals surface area contributed by atoms with Crippen LogP contribution in [0.2, 0.25) is 5.02 Å². The third-order valence-corrected chi connectivity index (χ3v) is 3.09. The molecule has 1 aliphatic carbocycles. The minimum atomic E-state index is -0.562. The van der Waals surface area contributed by atoms with Gasteiger partial charge in [0, 0.05) is 6.04 Å². The van der Waals surface area contributed by atoms with Gasteiger partial charge in [-0.15, -0.1) is 0 Å². The van der Waals surface area contributed by atoms with Gasteiger partial charge < -0.3 is 16.8 Å². The van der Waals surface area contributed by atoms with E-state index in [2.05, 4.69) is 12.2 Å². The van der Waals surface area contributed by atoms with Gasteiger partial charge in [-0.3, -0.25) is 0 Å². The van der Waals surface area contributed by atoms with Gasteiger partial charge in [-0.25, -0.2) is 4.39 Å². The van der Waals surface area contributed by atoms with Crippen molar-refractivity contribution < 1.29 is 4.39 Å². The molecule has 82 valence electrons. The van der Waals surface area contributed by atoms with Crippen LogP contribution in [0.25, 0.3) is 0 Å². The maximum Gasteiger partial charge on any atom is 0.169 e. The number of hydrogen-bond acceptors (Lipinski definition) is 3. The van der Waals surface area contributed by atoms with Crippen molar-refractivity contribution in [3.63, 3.8) is 0 Å². The van der Waals surface area contributed by atoms with E-state index in [9.17, 15) is 4.39 Å². The van der Waals surface area contributed by atoms with Gasteiger partial charge >= 0.3 is 0 Å². The predicted molar refractivity (Wildman–Crippen MR) is 61.4 cm³/mol. The number of halogens is 2. The van der Waals surface area contributed by atoms with Crippen molar-refractivity contribution in [2.45, 2.75) is 19.4 Å². The molecule has 0 heterocycles. The van der Waals surface area contributed by atoms with E-state index in [1.807, 2.05) is 0 Å². The van der Waals surface area contributed by atoms with Crippen molar-refractivity contribution in [1.29, 1.82) is 0 Å². The molecule has 0 amide bonds. The van der Waals surface area contributed by atoms with Crippen molar-refractivity contribution in [3.8, 4) is 0 Å². The molecule has 15 heavy (non-hydrogen) atoms. The minimum absolute atomic E-state index is 0.0694. The number of nitrogens with one attached hydrogen (secondary N) is 1. The van der Waals surface area contributed by atoms with Gasteiger partial charge in [-0.05, 0) is 18.4 Å². The van der Waals surface area contributed by atoms with Crippen molar-refractivity contribution in [1.82, 2.24) is 0 Å². The van der Waals surface area contributed by atoms with Crippen LogP contribution in [-0.4, -0.2) is 6.04 Å². The second kappa shape index (κ2) is 3.45. The largest absolute Gasteiger partial charge is 0.397 e. The molecule has 1 fully saturated rings. The normalized spacial score (nSPS) is 23.9. The van der Waals surface area contributed by atoms with Gasteiger partial charge in [-0.1, -0.05) is 18.5 Å². The molecule has 2 unspecified atom stereocenters. The molecule has 0 radical (unpaired) electrons. The Balaban J connectivity index is 2.33. The van der Waals surface area contributed by atoms with E-state index < -0.39 is 5.82 Å². The predicted octanol–water partition coefficient (Wildman–Crippen LogP) is 2.46. The number of hydrogen-bond donors (Lipinski definition) is 3. The first kappa shape index (κ1) is 10.4. The first-order valence-electron chi connectivity index (χ1n) is 4.80. The Morgan fingerprint density at radius 3 is 2.60 bits per heavy atom. The standard InChI is InChI=1S/C10H13ClFN3/c1-4-2-7(4)15-10-6(14)3-5(13)8(11)9(10)12/h3-4,7,15H,2,13-14H2,1H3. The van der Waals surface area contributed by atoms with Crippen LogP contribution in [0.1, 0.15) is 13.3 Å². The molecule has 3 nitrogen and oxygen atoms in total. The van der Waals surface area contributed by atoms with Crippen molar-refractivity contribution >= 4 is 28.7 Å². The Morgan fingerprint density at radius 2 is 2.07 bits per heavy atom. The molecule has 0 saturated heterocycles. The Hall–Kier alpha value is -1.16. The zero-order chi connectivity index (χ0) is 11.2. The van der Waals surface area contributed by atoms with Gasteiger partial charge in [0.25, 0.3) is 0 Å². The molecule has 1 aromatic rings. The lowest BCUT2D eigenvalue weighted by Crippen LogP contribution is -2.09. The van der Waals surface area contributed by atoms with Crippen LogP contribution >= 0.6 is 11.6 Å². The fraction of sp³-hybridized carbons (Fsp3) is 0.400. The Bertz CT molecular complexity index is 408. The molecule has 5 heteroatoms. The van der Waals surface area contributed by atoms with Crippen LogP contribution in [0.15, 0.2) is 6.07 Å². The monoisotopic (exact) mass is 229 g/mol. The van der Waals surface area contributed by atoms with Crippen LogP contribution in [0, 0.1) is 11.7 Å². The van der Waals surface area contributed by atoms with Gasteiger partial charge in [0.15, 0.2) is 5.82 Å². The van der Waals surface area contributed by atoms with Gasteiger partial charge in [0.05, 0.1) is 17.1 Å². The highest BCUT2D eigenvalue weighted by Gasteiger charge is 2.33. The zero-order valence-corrected chi connectivity index (χ0v) is 9.11. The molecule has 0 aromatic heterocycles. The highest BCUT2D eigenvalue weighted by Crippen LogP contribution is 2.39. The molecule has 1 saturated carbocycles. The number of nitrogens with two attached hydrogens (primary N) is 2. The average Bonchev–Trinajstić information content (AvgIpc) is 2.86. The molecule has 5 N–H and O–H groups in total. The van der Waals surface area contributed by atoms with Crippen LogP contribution in [-0.2, 0) is 0 Å². The minimum Gasteiger partial charge on any atom is -0.397 e. The molecule has 1 aliphatic rings. The van der Waals surface area contributed by atoms with Gasteiger partial charge in [0.2, 0.25) is 0 Å². The first-order chi connectivity index (χ1) is 7.00. The van der Waals surface area contributed by atoms with Crippen LogP contribution in [0.4, 0.5) is 21.5 Å². The number of anilines is 3. The maximum absolute atomic E-state index is 13.7. The van der Waals surface area contributed by atoms with Crippen LogP contribution < -0.4 is 16.8 Å². The topological polar surface area (TPSA) is 64.1 Å². The summed E-state index contributed by atoms with van der Waals surface area (Å²) in [5.74, 6) is -0.00612. The quantitative estimate of drug-likeness (QED) is 0.683. The first-order valence-corrected chi connectivity index (χ1v) is 5.18. The lowest BCUT2D eigenvalue weighted by Gasteiger charge is -2.12. The van der Waals surface area contributed by atoms with E-state index in [-0.39, 0.29) is 16.4 Å². The Labute approximate surface area is 92.6 Å². The third-order valence-electron chi connectivity index (χ3n) is 2.70. The van der Waals surface area contributed by atoms with Crippen molar-refractivity contribution in [2.24, 2.45) is 5.92 Å². The van der Waals surface area contributed by atoms with E-state index in [4.69, 9.17) is 23.1 Å². The summed E-state index contributed by atoms with van der Waals surface area (Å²) in [6.45, 7) is 2.09. The van der Waals surface area contributed by atoms with E-state index in [0.717, 1.165) is 6.42 Å². The molecular formula is C10H13ClFN3. The van der Waals surface area contributed by atoms with Crippen molar-refractivity contribution in [3.05, 3.63) is 16.9 Å². The SMILES string of the molecule is CC1CC1Nc1c(N)cc(N)c(Cl)c1F. The number of benzene rings is 1. The second-order valence-corrected chi connectivity index (χ2v) is 4.40. The van der Waals surface area contributed by atoms with E-state index >= 15 is 0 Å². The smallest absolute Gasteiger partial charge is 0.169 e. The molecule has 0 bridgehead atoms. The number of rotatable bonds is 2. The molecule has 2 atom stereocenters. The fourth-order valence-corrected chi connectivity index (χ4v) is 1.67. The molecule has 2 rings (SSSR count). The fourth-order valence-electron chi connectivity index (χ4n) is 1.52. The number of nitrogen functional groups attached to an aromatic ring is 2. The Morgan fingerprint density at radius 1 is 1.47 bits per heavy atom. The van der Waals surface area contributed by atoms with Crippen molar-refractivity contribution in [2.75, 3.05) is 16.8 Å². The molecular weight excluding hydrogens is 217 g/mol. The lowest BCUT2D eigenvalue weighted by atomic mass is 10.2. The third kappa shape index (κ3) is 1.81. The summed E-state index contributed by atoms with van der Waals surface area (Å²) in [5, 5.41) is 2.96. The zero-order valence-electron chi connectivity index (χ0n) is 8.35. The highest BCUT2D eigenvalue weighted by molar-refractivity contribution is 6.33. The van der Waals surface area contributed by atoms with E-state index in [0.29, 0.717) is 17.6 Å². The average molecular weight is 230 g/mol. The summed E-state index contributed by atoms with van der Waals surface area (Å²) in [5.41, 5.74) is 11.9. The van der Waals surface area contributed by atoms with Crippen LogP contribution in [0.5, 0.6) is 0 Å². The maximum atomic E-state index is 13.7. The Kier molecular flexibility index (Phi) is 2.38. The lowest BCUT2D eigenvalue weighted by molar-refractivity contribution is 0.631. The highest BCUT2D eigenvalue weighted by atomic mass is 35.5. The summed E-state index contributed by atoms with van der Waals surface area (Å²) >= 11 is 5.70. The van der Waals surface area contributed by atoms with Crippen LogP contribution in [0.3, 0.4) is 0 Å². The van der Waals surface area contributed by atoms with Gasteiger partial charge in [0.1, 0.15) is 5.02 Å². The summed E-state index contributed by atoms with van der Waals surface area (Å²) in [6.07, 6.45) is 1.03. The van der Waals surface area contributed by atoms with E-state index in [1.54, 1.807) is 0 Å². The molecule has 0 spiro atoms. The summed E-state index contributed by atoms with van der Waals surface area (Å²) in [6, 6.07) is 1.77. The second-order valence-electron chi connectivity index (χ2n) is 4.02. The summed E-state index contributed by atoms with van der Waals surface area (Å²) in [7, 11) is 0. The summed E-state index contributed by atoms with van der Waals surface area (Å²) in [4.78, 5) is 0. The van der Waals surface area contributed by atoms with Gasteiger partial charge in [-0.2, -0.15) is 0 Å². The molecule has 1 aromatic carbocycles.